The van der Waals surface area contributed by atoms with Crippen LogP contribution in [0.1, 0.15) is 55.2 Å². The number of Topliss-reactive ketones (excluding diaryl/α,β-unsaturated/α-hetero) is 1. The molecule has 2 heterocycles. The van der Waals surface area contributed by atoms with E-state index in [1.165, 1.54) is 16.7 Å². The number of unbranched alkanes of at least 4 members (excludes halogenated alkanes) is 1. The largest absolute Gasteiger partial charge is 0.497 e. The second-order valence-electron chi connectivity index (χ2n) is 13.1. The number of aromatic amines is 1. The van der Waals surface area contributed by atoms with E-state index in [1.54, 1.807) is 20.2 Å². The number of rotatable bonds is 10. The minimum absolute atomic E-state index is 0.0458. The van der Waals surface area contributed by atoms with Gasteiger partial charge in [0.1, 0.15) is 11.8 Å². The second-order valence-corrected chi connectivity index (χ2v) is 14.5. The highest BCUT2D eigenvalue weighted by atomic mass is 35.5. The van der Waals surface area contributed by atoms with Crippen molar-refractivity contribution in [1.82, 2.24) is 20.5 Å². The number of ketones is 1. The molecule has 1 aliphatic rings. The zero-order chi connectivity index (χ0) is 36.3. The lowest BCUT2D eigenvalue weighted by molar-refractivity contribution is -0.143. The van der Waals surface area contributed by atoms with Gasteiger partial charge in [0, 0.05) is 65.8 Å². The minimum atomic E-state index is -0.858. The van der Waals surface area contributed by atoms with Crippen LogP contribution in [0.15, 0.2) is 76.7 Å². The fraction of sp³-hybridized carbons (Fsp3) is 0.410. The van der Waals surface area contributed by atoms with Crippen molar-refractivity contribution in [1.29, 1.82) is 0 Å². The fourth-order valence-corrected chi connectivity index (χ4v) is 8.07. The highest BCUT2D eigenvalue weighted by Crippen LogP contribution is 2.40. The van der Waals surface area contributed by atoms with E-state index in [2.05, 4.69) is 15.6 Å². The first-order valence-electron chi connectivity index (χ1n) is 17.6. The first-order valence-corrected chi connectivity index (χ1v) is 18.8. The Hall–Kier alpha value is -3.87. The Morgan fingerprint density at radius 3 is 2.49 bits per heavy atom. The van der Waals surface area contributed by atoms with Gasteiger partial charge in [-0.2, -0.15) is 0 Å². The van der Waals surface area contributed by atoms with Crippen LogP contribution in [0.3, 0.4) is 0 Å². The number of nitrogens with two attached hydrogens (primary N) is 2. The van der Waals surface area contributed by atoms with Gasteiger partial charge in [0.25, 0.3) is 0 Å². The van der Waals surface area contributed by atoms with Crippen molar-refractivity contribution < 1.29 is 19.1 Å². The Labute approximate surface area is 309 Å². The first-order chi connectivity index (χ1) is 24.7. The molecule has 0 radical (unpaired) electrons. The van der Waals surface area contributed by atoms with Crippen molar-refractivity contribution in [3.8, 4) is 5.75 Å². The molecule has 4 aromatic rings. The molecule has 0 saturated heterocycles. The van der Waals surface area contributed by atoms with Crippen molar-refractivity contribution in [2.75, 3.05) is 27.2 Å². The highest BCUT2D eigenvalue weighted by Gasteiger charge is 2.34. The van der Waals surface area contributed by atoms with Crippen LogP contribution in [0.4, 0.5) is 0 Å². The topological polar surface area (TPSA) is 156 Å². The number of carbonyl (C=O) groups is 3. The Kier molecular flexibility index (Phi) is 14.0. The number of nitrogens with one attached hydrogen (secondary N) is 3. The summed E-state index contributed by atoms with van der Waals surface area (Å²) in [6.45, 7) is 1.53. The monoisotopic (exact) mass is 732 g/mol. The van der Waals surface area contributed by atoms with E-state index in [0.717, 1.165) is 43.8 Å². The maximum atomic E-state index is 14.5. The average molecular weight is 733 g/mol. The van der Waals surface area contributed by atoms with Crippen LogP contribution in [0.25, 0.3) is 10.9 Å². The third kappa shape index (κ3) is 9.72. The smallest absolute Gasteiger partial charge is 0.243 e. The van der Waals surface area contributed by atoms with Crippen molar-refractivity contribution in [3.63, 3.8) is 0 Å². The molecule has 3 aromatic carbocycles. The highest BCUT2D eigenvalue weighted by molar-refractivity contribution is 7.99. The lowest BCUT2D eigenvalue weighted by Gasteiger charge is -2.31. The number of para-hydroxylation sites is 1. The Morgan fingerprint density at radius 1 is 0.941 bits per heavy atom. The molecule has 0 spiro atoms. The molecule has 3 atom stereocenters. The predicted molar refractivity (Wildman–Crippen MR) is 204 cm³/mol. The number of aromatic nitrogens is 1. The molecule has 0 aliphatic carbocycles. The molecule has 1 aliphatic heterocycles. The summed E-state index contributed by atoms with van der Waals surface area (Å²) in [6.07, 6.45) is 5.33. The van der Waals surface area contributed by atoms with Crippen LogP contribution < -0.4 is 26.8 Å². The standard InChI is InChI=1S/C39H49ClN6O4S/c1-46-34(19-27-23-43-32-13-5-4-12-30(27)32)38(48)45-24-28-18-29(50-2)21-31(40)37(28)51-36-15-6-3-11-26(36)22-44-33(14-9-17-42)35(47)20-25(39(46)49)10-7-8-16-41/h3-6,11-13,15,18,21,23,25,33-34,43-44H,7-10,14,16-17,19-20,22,24,41-42H2,1-2H3,(H,45,48)/t25-,33+,34+/m1/s1. The normalized spacial score (nSPS) is 19.4. The molecule has 2 amide bonds. The van der Waals surface area contributed by atoms with E-state index in [4.69, 9.17) is 27.8 Å². The number of benzene rings is 3. The molecule has 272 valence electrons. The zero-order valence-electron chi connectivity index (χ0n) is 29.4. The number of hydrogen-bond acceptors (Lipinski definition) is 8. The Morgan fingerprint density at radius 2 is 1.71 bits per heavy atom. The lowest BCUT2D eigenvalue weighted by Crippen LogP contribution is -2.51. The van der Waals surface area contributed by atoms with E-state index in [0.29, 0.717) is 56.1 Å². The van der Waals surface area contributed by atoms with Crippen LogP contribution in [0, 0.1) is 5.92 Å². The average Bonchev–Trinajstić information content (AvgIpc) is 3.55. The number of ether oxygens (including phenoxy) is 1. The first kappa shape index (κ1) is 38.4. The molecule has 10 nitrogen and oxygen atoms in total. The van der Waals surface area contributed by atoms with Gasteiger partial charge in [-0.1, -0.05) is 66.2 Å². The van der Waals surface area contributed by atoms with E-state index < -0.39 is 18.0 Å². The lowest BCUT2D eigenvalue weighted by atomic mass is 9.90. The fourth-order valence-electron chi connectivity index (χ4n) is 6.67. The predicted octanol–water partition coefficient (Wildman–Crippen LogP) is 5.58. The maximum absolute atomic E-state index is 14.5. The minimum Gasteiger partial charge on any atom is -0.497 e. The summed E-state index contributed by atoms with van der Waals surface area (Å²) in [5.74, 6) is -0.649. The van der Waals surface area contributed by atoms with E-state index in [-0.39, 0.29) is 37.0 Å². The number of carbonyl (C=O) groups excluding carboxylic acids is 3. The van der Waals surface area contributed by atoms with Crippen LogP contribution in [0.2, 0.25) is 5.02 Å². The van der Waals surface area contributed by atoms with Gasteiger partial charge in [0.15, 0.2) is 5.78 Å². The summed E-state index contributed by atoms with van der Waals surface area (Å²) in [6, 6.07) is 18.1. The van der Waals surface area contributed by atoms with Crippen molar-refractivity contribution >= 4 is 51.9 Å². The molecule has 0 unspecified atom stereocenters. The number of fused-ring (bicyclic) bond motifs is 3. The molecular weight excluding hydrogens is 684 g/mol. The van der Waals surface area contributed by atoms with Gasteiger partial charge in [-0.05, 0) is 79.7 Å². The SMILES string of the molecule is COc1cc(Cl)c2c(c1)CNC(=O)[C@H](Cc1c[nH]c3ccccc13)N(C)C(=O)[C@H](CCCCN)CC(=O)[C@H](CCCN)NCc1ccccc1S2. The van der Waals surface area contributed by atoms with Gasteiger partial charge < -0.3 is 36.7 Å². The molecule has 0 fully saturated rings. The Balaban J connectivity index is 1.58. The third-order valence-corrected chi connectivity index (χ3v) is 11.3. The summed E-state index contributed by atoms with van der Waals surface area (Å²) >= 11 is 8.39. The molecule has 7 N–H and O–H groups in total. The molecule has 12 heteroatoms. The number of nitrogens with zero attached hydrogens (tertiary/aromatic N) is 1. The van der Waals surface area contributed by atoms with Gasteiger partial charge in [0.05, 0.1) is 18.2 Å². The van der Waals surface area contributed by atoms with Crippen molar-refractivity contribution in [3.05, 3.63) is 88.6 Å². The van der Waals surface area contributed by atoms with Crippen LogP contribution in [-0.2, 0) is 33.9 Å². The maximum Gasteiger partial charge on any atom is 0.243 e. The summed E-state index contributed by atoms with van der Waals surface area (Å²) in [7, 11) is 3.24. The summed E-state index contributed by atoms with van der Waals surface area (Å²) in [5.41, 5.74) is 15.3. The third-order valence-electron chi connectivity index (χ3n) is 9.60. The number of halogens is 1. The van der Waals surface area contributed by atoms with Gasteiger partial charge in [-0.25, -0.2) is 0 Å². The van der Waals surface area contributed by atoms with Crippen LogP contribution in [-0.4, -0.2) is 66.8 Å². The summed E-state index contributed by atoms with van der Waals surface area (Å²) < 4.78 is 5.56. The van der Waals surface area contributed by atoms with E-state index in [1.807, 2.05) is 60.8 Å². The quantitative estimate of drug-likeness (QED) is 0.132. The molecule has 0 saturated carbocycles. The molecular formula is C39H49ClN6O4S. The number of amides is 2. The van der Waals surface area contributed by atoms with Gasteiger partial charge in [-0.15, -0.1) is 0 Å². The van der Waals surface area contributed by atoms with Crippen molar-refractivity contribution in [2.45, 2.75) is 79.9 Å². The summed E-state index contributed by atoms with van der Waals surface area (Å²) in [4.78, 5) is 49.4. The van der Waals surface area contributed by atoms with Crippen LogP contribution >= 0.6 is 23.4 Å². The zero-order valence-corrected chi connectivity index (χ0v) is 31.0. The van der Waals surface area contributed by atoms with Gasteiger partial charge in [0.2, 0.25) is 11.8 Å². The molecule has 0 bridgehead atoms. The molecule has 51 heavy (non-hydrogen) atoms. The number of methoxy groups -OCH3 is 1. The number of hydrogen-bond donors (Lipinski definition) is 5. The van der Waals surface area contributed by atoms with Gasteiger partial charge >= 0.3 is 0 Å². The van der Waals surface area contributed by atoms with Crippen LogP contribution in [0.5, 0.6) is 5.75 Å². The number of H-pyrrole nitrogens is 1. The van der Waals surface area contributed by atoms with Gasteiger partial charge in [-0.3, -0.25) is 14.4 Å². The Bertz CT molecular complexity index is 1820. The summed E-state index contributed by atoms with van der Waals surface area (Å²) in [5, 5.41) is 8.10. The number of likely N-dealkylation sites (N-methyl/N-ethyl adjacent to an activating group) is 1. The second kappa shape index (κ2) is 18.6. The molecule has 1 aromatic heterocycles. The van der Waals surface area contributed by atoms with Crippen molar-refractivity contribution in [2.24, 2.45) is 17.4 Å². The van der Waals surface area contributed by atoms with E-state index in [9.17, 15) is 14.4 Å². The molecule has 5 rings (SSSR count). The van der Waals surface area contributed by atoms with E-state index >= 15 is 0 Å².